The first-order chi connectivity index (χ1) is 19.1. The Labute approximate surface area is 242 Å². The fourth-order valence-electron chi connectivity index (χ4n) is 3.97. The van der Waals surface area contributed by atoms with Gasteiger partial charge in [-0.05, 0) is 27.2 Å². The zero-order valence-corrected chi connectivity index (χ0v) is 26.2. The Hall–Kier alpha value is -1.68. The molecule has 0 aromatic rings. The zero-order valence-electron chi connectivity index (χ0n) is 25.3. The Morgan fingerprint density at radius 3 is 1.70 bits per heavy atom. The Balaban J connectivity index is 4.69. The molecule has 1 amide bonds. The normalized spacial score (nSPS) is 13.3. The predicted molar refractivity (Wildman–Crippen MR) is 155 cm³/mol. The van der Waals surface area contributed by atoms with Crippen LogP contribution in [0, 0.1) is 22.7 Å². The average molecular weight is 588 g/mol. The molecule has 0 saturated carbocycles. The number of aliphatic hydroxyl groups excluding tert-OH is 1. The monoisotopic (exact) mass is 587 g/mol. The van der Waals surface area contributed by atoms with Gasteiger partial charge in [-0.3, -0.25) is 13.6 Å². The molecule has 0 aromatic heterocycles. The summed E-state index contributed by atoms with van der Waals surface area (Å²) in [6.07, 6.45) is 14.4. The van der Waals surface area contributed by atoms with Gasteiger partial charge in [-0.2, -0.15) is 10.5 Å². The van der Waals surface area contributed by atoms with E-state index >= 15 is 0 Å². The molecule has 0 aliphatic carbocycles. The third-order valence-electron chi connectivity index (χ3n) is 6.11. The fourth-order valence-corrected chi connectivity index (χ4v) is 5.17. The molecule has 0 bridgehead atoms. The number of nitrogens with zero attached hydrogens (tertiary/aromatic N) is 2. The lowest BCUT2D eigenvalue weighted by atomic mass is 10.0. The lowest BCUT2D eigenvalue weighted by molar-refractivity contribution is 0.0293. The van der Waals surface area contributed by atoms with Crippen LogP contribution in [0.4, 0.5) is 4.79 Å². The standard InChI is InChI=1S/C29H54N3O7P/c1-5-6-7-8-9-10-11-12-13-14-15-16-17-20-27(33)26(32-28(34)39-29(2,3)4)25-38-40(35,36-23-18-21-30)37-24-19-22-31/h26-27,33H,5-20,23-25H2,1-4H3,(H,32,34)/t26-,27+/m0/s1. The van der Waals surface area contributed by atoms with Gasteiger partial charge < -0.3 is 15.2 Å². The van der Waals surface area contributed by atoms with Crippen LogP contribution in [0.1, 0.15) is 130 Å². The van der Waals surface area contributed by atoms with Crippen molar-refractivity contribution < 1.29 is 32.8 Å². The minimum absolute atomic E-state index is 0.0315. The number of phosphoric ester groups is 1. The molecule has 0 rings (SSSR count). The molecule has 0 fully saturated rings. The summed E-state index contributed by atoms with van der Waals surface area (Å²) in [5.74, 6) is 0. The van der Waals surface area contributed by atoms with Crippen LogP contribution in [0.25, 0.3) is 0 Å². The number of ether oxygens (including phenoxy) is 1. The molecule has 0 radical (unpaired) electrons. The van der Waals surface area contributed by atoms with Gasteiger partial charge in [0.15, 0.2) is 0 Å². The van der Waals surface area contributed by atoms with Crippen LogP contribution in [0.2, 0.25) is 0 Å². The minimum Gasteiger partial charge on any atom is -0.444 e. The van der Waals surface area contributed by atoms with Crippen molar-refractivity contribution >= 4 is 13.9 Å². The quantitative estimate of drug-likeness (QED) is 0.0808. The van der Waals surface area contributed by atoms with Gasteiger partial charge in [0.1, 0.15) is 5.60 Å². The highest BCUT2D eigenvalue weighted by Gasteiger charge is 2.31. The number of alkyl carbamates (subject to hydrolysis) is 1. The van der Waals surface area contributed by atoms with Crippen LogP contribution in [0.15, 0.2) is 0 Å². The first-order valence-corrected chi connectivity index (χ1v) is 16.5. The van der Waals surface area contributed by atoms with E-state index in [0.29, 0.717) is 6.42 Å². The number of nitrogens with one attached hydrogen (secondary N) is 1. The zero-order chi connectivity index (χ0) is 30.1. The number of hydrogen-bond acceptors (Lipinski definition) is 9. The number of unbranched alkanes of at least 4 members (excludes halogenated alkanes) is 12. The van der Waals surface area contributed by atoms with Crippen molar-refractivity contribution in [3.05, 3.63) is 0 Å². The van der Waals surface area contributed by atoms with Crippen molar-refractivity contribution in [2.24, 2.45) is 0 Å². The van der Waals surface area contributed by atoms with E-state index in [-0.39, 0.29) is 32.7 Å². The summed E-state index contributed by atoms with van der Waals surface area (Å²) in [7, 11) is -4.12. The largest absolute Gasteiger partial charge is 0.474 e. The second kappa shape index (κ2) is 24.0. The molecule has 0 spiro atoms. The van der Waals surface area contributed by atoms with Crippen LogP contribution < -0.4 is 5.32 Å². The van der Waals surface area contributed by atoms with Crippen molar-refractivity contribution in [2.75, 3.05) is 19.8 Å². The first-order valence-electron chi connectivity index (χ1n) is 15.0. The third-order valence-corrected chi connectivity index (χ3v) is 7.57. The number of aliphatic hydroxyl groups is 1. The highest BCUT2D eigenvalue weighted by molar-refractivity contribution is 7.48. The minimum atomic E-state index is -4.12. The molecule has 0 saturated heterocycles. The molecule has 0 aliphatic heterocycles. The van der Waals surface area contributed by atoms with Crippen molar-refractivity contribution in [3.8, 4) is 12.1 Å². The summed E-state index contributed by atoms with van der Waals surface area (Å²) in [5.41, 5.74) is -0.744. The summed E-state index contributed by atoms with van der Waals surface area (Å²) >= 11 is 0. The fraction of sp³-hybridized carbons (Fsp3) is 0.897. The average Bonchev–Trinajstić information content (AvgIpc) is 2.88. The van der Waals surface area contributed by atoms with Gasteiger partial charge in [-0.1, -0.05) is 90.4 Å². The summed E-state index contributed by atoms with van der Waals surface area (Å²) < 4.78 is 34.0. The SMILES string of the molecule is CCCCCCCCCCCCCCC[C@@H](O)[C@H](COP(=O)(OCCC#N)OCCC#N)NC(=O)OC(C)(C)C. The van der Waals surface area contributed by atoms with Crippen molar-refractivity contribution in [2.45, 2.75) is 148 Å². The van der Waals surface area contributed by atoms with Crippen LogP contribution in [-0.2, 0) is 22.9 Å². The molecule has 0 aromatic carbocycles. The molecular weight excluding hydrogens is 533 g/mol. The van der Waals surface area contributed by atoms with E-state index in [4.69, 9.17) is 28.8 Å². The molecule has 2 atom stereocenters. The number of carbonyl (C=O) groups excluding carboxylic acids is 1. The van der Waals surface area contributed by atoms with Crippen LogP contribution in [-0.4, -0.2) is 48.8 Å². The van der Waals surface area contributed by atoms with E-state index < -0.39 is 31.7 Å². The van der Waals surface area contributed by atoms with Gasteiger partial charge >= 0.3 is 13.9 Å². The highest BCUT2D eigenvalue weighted by Crippen LogP contribution is 2.49. The highest BCUT2D eigenvalue weighted by atomic mass is 31.2. The molecule has 0 unspecified atom stereocenters. The number of hydrogen-bond donors (Lipinski definition) is 2. The Morgan fingerprint density at radius 1 is 0.825 bits per heavy atom. The topological polar surface area (TPSA) is 151 Å². The summed E-state index contributed by atoms with van der Waals surface area (Å²) in [6.45, 7) is 6.67. The number of phosphoric acid groups is 1. The smallest absolute Gasteiger partial charge is 0.444 e. The third kappa shape index (κ3) is 23.1. The van der Waals surface area contributed by atoms with Gasteiger partial charge in [0.2, 0.25) is 0 Å². The van der Waals surface area contributed by atoms with Gasteiger partial charge in [-0.15, -0.1) is 0 Å². The van der Waals surface area contributed by atoms with Crippen LogP contribution >= 0.6 is 7.82 Å². The summed E-state index contributed by atoms with van der Waals surface area (Å²) in [6, 6.07) is 2.82. The Kier molecular flexibility index (Phi) is 23.0. The van der Waals surface area contributed by atoms with Crippen LogP contribution in [0.5, 0.6) is 0 Å². The summed E-state index contributed by atoms with van der Waals surface area (Å²) in [5, 5.41) is 30.9. The van der Waals surface area contributed by atoms with E-state index in [2.05, 4.69) is 12.2 Å². The number of rotatable bonds is 25. The number of carbonyl (C=O) groups is 1. The van der Waals surface area contributed by atoms with Gasteiger partial charge in [0.05, 0.1) is 56.9 Å². The van der Waals surface area contributed by atoms with Gasteiger partial charge in [-0.25, -0.2) is 9.36 Å². The summed E-state index contributed by atoms with van der Waals surface area (Å²) in [4.78, 5) is 12.4. The van der Waals surface area contributed by atoms with Crippen LogP contribution in [0.3, 0.4) is 0 Å². The molecule has 232 valence electrons. The maximum Gasteiger partial charge on any atom is 0.474 e. The second-order valence-corrected chi connectivity index (χ2v) is 12.7. The van der Waals surface area contributed by atoms with E-state index in [9.17, 15) is 14.5 Å². The molecule has 0 heterocycles. The Morgan fingerprint density at radius 2 is 1.27 bits per heavy atom. The molecule has 2 N–H and O–H groups in total. The predicted octanol–water partition coefficient (Wildman–Crippen LogP) is 7.71. The van der Waals surface area contributed by atoms with E-state index in [1.807, 2.05) is 12.1 Å². The van der Waals surface area contributed by atoms with Crippen molar-refractivity contribution in [1.82, 2.24) is 5.32 Å². The number of nitriles is 2. The molecule has 40 heavy (non-hydrogen) atoms. The number of amides is 1. The molecular formula is C29H54N3O7P. The Bertz CT molecular complexity index is 753. The van der Waals surface area contributed by atoms with Gasteiger partial charge in [0.25, 0.3) is 0 Å². The maximum absolute atomic E-state index is 13.0. The van der Waals surface area contributed by atoms with E-state index in [1.165, 1.54) is 57.8 Å². The lowest BCUT2D eigenvalue weighted by Crippen LogP contribution is -2.48. The first kappa shape index (κ1) is 38.3. The lowest BCUT2D eigenvalue weighted by Gasteiger charge is -2.27. The van der Waals surface area contributed by atoms with Crippen molar-refractivity contribution in [3.63, 3.8) is 0 Å². The van der Waals surface area contributed by atoms with Gasteiger partial charge in [0, 0.05) is 0 Å². The second-order valence-electron chi connectivity index (χ2n) is 11.1. The van der Waals surface area contributed by atoms with E-state index in [1.54, 1.807) is 20.8 Å². The van der Waals surface area contributed by atoms with E-state index in [0.717, 1.165) is 25.7 Å². The molecule has 11 heteroatoms. The molecule has 0 aliphatic rings. The van der Waals surface area contributed by atoms with Crippen molar-refractivity contribution in [1.29, 1.82) is 10.5 Å². The maximum atomic E-state index is 13.0. The molecule has 10 nitrogen and oxygen atoms in total.